The molecule has 0 atom stereocenters. The van der Waals surface area contributed by atoms with Crippen LogP contribution in [0.1, 0.15) is 71.0 Å². The van der Waals surface area contributed by atoms with E-state index < -0.39 is 0 Å². The van der Waals surface area contributed by atoms with Gasteiger partial charge in [-0.25, -0.2) is 0 Å². The summed E-state index contributed by atoms with van der Waals surface area (Å²) in [5.41, 5.74) is 3.77. The third kappa shape index (κ3) is 6.90. The number of ketones is 1. The van der Waals surface area contributed by atoms with E-state index in [2.05, 4.69) is 11.4 Å². The summed E-state index contributed by atoms with van der Waals surface area (Å²) in [6.07, 6.45) is 0.945. The highest BCUT2D eigenvalue weighted by molar-refractivity contribution is 8.93. The molecule has 2 aromatic carbocycles. The molecule has 0 fully saturated rings. The van der Waals surface area contributed by atoms with Gasteiger partial charge in [-0.15, -0.1) is 17.0 Å². The number of rotatable bonds is 10. The van der Waals surface area contributed by atoms with Crippen molar-refractivity contribution in [2.24, 2.45) is 0 Å². The topological polar surface area (TPSA) is 119 Å². The molecule has 1 aliphatic rings. The van der Waals surface area contributed by atoms with Gasteiger partial charge in [0.1, 0.15) is 5.84 Å². The van der Waals surface area contributed by atoms with Gasteiger partial charge in [0.2, 0.25) is 0 Å². The lowest BCUT2D eigenvalue weighted by molar-refractivity contribution is 0.0955. The number of unbranched alkanes of at least 4 members (excludes halogenated alkanes) is 1. The Morgan fingerprint density at radius 1 is 1.21 bits per heavy atom. The fraction of sp³-hybridized carbons (Fsp3) is 0.448. The third-order valence-corrected chi connectivity index (χ3v) is 6.52. The van der Waals surface area contributed by atoms with Crippen LogP contribution in [0.5, 0.6) is 11.5 Å². The summed E-state index contributed by atoms with van der Waals surface area (Å²) in [5, 5.41) is 20.2. The Hall–Kier alpha value is -3.58. The second-order valence-corrected chi connectivity index (χ2v) is 10.5. The van der Waals surface area contributed by atoms with Crippen LogP contribution in [-0.2, 0) is 12.0 Å². The number of nitriles is 1. The van der Waals surface area contributed by atoms with Crippen LogP contribution >= 0.6 is 17.0 Å². The summed E-state index contributed by atoms with van der Waals surface area (Å²) >= 11 is 0. The Balaban J connectivity index is 0.00000533. The highest BCUT2D eigenvalue weighted by Crippen LogP contribution is 2.40. The number of amidine groups is 1. The number of ether oxygens (including phenoxy) is 2. The molecule has 0 unspecified atom stereocenters. The van der Waals surface area contributed by atoms with E-state index in [-0.39, 0.29) is 46.5 Å². The second kappa shape index (κ2) is 13.0. The van der Waals surface area contributed by atoms with Crippen LogP contribution in [0.2, 0.25) is 0 Å². The van der Waals surface area contributed by atoms with Gasteiger partial charge in [0.05, 0.1) is 31.9 Å². The Kier molecular flexibility index (Phi) is 10.5. The number of fused-ring (bicyclic) bond motifs is 1. The lowest BCUT2D eigenvalue weighted by atomic mass is 9.84. The minimum absolute atomic E-state index is 0. The van der Waals surface area contributed by atoms with Gasteiger partial charge >= 0.3 is 0 Å². The molecule has 10 heteroatoms. The molecule has 0 spiro atoms. The number of anilines is 1. The first-order chi connectivity index (χ1) is 17.9. The summed E-state index contributed by atoms with van der Waals surface area (Å²) in [7, 11) is 6.89. The Bertz CT molecular complexity index is 1290. The van der Waals surface area contributed by atoms with E-state index in [9.17, 15) is 9.59 Å². The molecular formula is C29H38BrN5O4. The van der Waals surface area contributed by atoms with Crippen molar-refractivity contribution in [3.63, 3.8) is 0 Å². The van der Waals surface area contributed by atoms with Gasteiger partial charge in [-0.1, -0.05) is 20.8 Å². The van der Waals surface area contributed by atoms with Gasteiger partial charge < -0.3 is 24.6 Å². The van der Waals surface area contributed by atoms with Gasteiger partial charge in [-0.05, 0) is 41.7 Å². The monoisotopic (exact) mass is 599 g/mol. The van der Waals surface area contributed by atoms with Crippen molar-refractivity contribution in [1.82, 2.24) is 10.2 Å². The van der Waals surface area contributed by atoms with Crippen LogP contribution in [0.3, 0.4) is 0 Å². The van der Waals surface area contributed by atoms with E-state index in [0.717, 1.165) is 16.8 Å². The minimum Gasteiger partial charge on any atom is -0.493 e. The molecule has 0 bridgehead atoms. The largest absolute Gasteiger partial charge is 0.493 e. The van der Waals surface area contributed by atoms with Gasteiger partial charge in [0.25, 0.3) is 5.91 Å². The summed E-state index contributed by atoms with van der Waals surface area (Å²) in [6, 6.07) is 9.27. The zero-order valence-electron chi connectivity index (χ0n) is 23.7. The van der Waals surface area contributed by atoms with Crippen LogP contribution in [0.15, 0.2) is 24.3 Å². The molecule has 2 aromatic rings. The highest BCUT2D eigenvalue weighted by Gasteiger charge is 2.30. The standard InChI is InChI=1S/C29H37N5O4.BrH/c1-29(2,3)22-12-18(14-25(26(22)37-7)38-11-9-8-10-30)24(35)17-34-16-19-13-23(33(5)6)21(28(36)32-4)15-20(19)27(34)31;/h12-15,31H,8-9,11,16-17H2,1-7H3,(H,32,36);1H. The quantitative estimate of drug-likeness (QED) is 0.300. The molecule has 0 aliphatic carbocycles. The maximum Gasteiger partial charge on any atom is 0.253 e. The summed E-state index contributed by atoms with van der Waals surface area (Å²) < 4.78 is 11.6. The minimum atomic E-state index is -0.318. The number of carbonyl (C=O) groups excluding carboxylic acids is 2. The Morgan fingerprint density at radius 2 is 1.90 bits per heavy atom. The van der Waals surface area contributed by atoms with Crippen molar-refractivity contribution in [3.05, 3.63) is 52.1 Å². The molecular weight excluding hydrogens is 562 g/mol. The summed E-state index contributed by atoms with van der Waals surface area (Å²) in [5.74, 6) is 0.865. The van der Waals surface area contributed by atoms with E-state index >= 15 is 0 Å². The number of halogens is 1. The predicted molar refractivity (Wildman–Crippen MR) is 158 cm³/mol. The van der Waals surface area contributed by atoms with E-state index in [4.69, 9.17) is 20.1 Å². The zero-order chi connectivity index (χ0) is 28.2. The average Bonchev–Trinajstić information content (AvgIpc) is 3.18. The first kappa shape index (κ1) is 31.6. The van der Waals surface area contributed by atoms with E-state index in [0.29, 0.717) is 54.2 Å². The molecule has 0 aromatic heterocycles. The van der Waals surface area contributed by atoms with Crippen molar-refractivity contribution in [3.8, 4) is 17.6 Å². The fourth-order valence-electron chi connectivity index (χ4n) is 4.50. The Labute approximate surface area is 241 Å². The SMILES string of the molecule is Br.CNC(=O)c1cc2c(cc1N(C)C)CN(CC(=O)c1cc(OCCCC#N)c(OC)c(C(C)(C)C)c1)C2=N. The number of benzene rings is 2. The van der Waals surface area contributed by atoms with Crippen LogP contribution in [-0.4, -0.2) is 63.8 Å². The van der Waals surface area contributed by atoms with Crippen LogP contribution in [0, 0.1) is 16.7 Å². The molecule has 1 heterocycles. The van der Waals surface area contributed by atoms with Gasteiger partial charge in [0.15, 0.2) is 17.3 Å². The molecule has 210 valence electrons. The number of nitrogens with one attached hydrogen (secondary N) is 2. The van der Waals surface area contributed by atoms with E-state index in [1.54, 1.807) is 31.2 Å². The van der Waals surface area contributed by atoms with Crippen LogP contribution in [0.25, 0.3) is 0 Å². The highest BCUT2D eigenvalue weighted by atomic mass is 79.9. The number of carbonyl (C=O) groups is 2. The van der Waals surface area contributed by atoms with Gasteiger partial charge in [0, 0.05) is 56.5 Å². The Morgan fingerprint density at radius 3 is 2.46 bits per heavy atom. The van der Waals surface area contributed by atoms with Crippen molar-refractivity contribution < 1.29 is 19.1 Å². The molecule has 1 amide bonds. The zero-order valence-corrected chi connectivity index (χ0v) is 25.4. The van der Waals surface area contributed by atoms with Gasteiger partial charge in [-0.2, -0.15) is 5.26 Å². The predicted octanol–water partition coefficient (Wildman–Crippen LogP) is 4.70. The molecule has 0 saturated heterocycles. The molecule has 0 radical (unpaired) electrons. The maximum absolute atomic E-state index is 13.6. The average molecular weight is 601 g/mol. The molecule has 2 N–H and O–H groups in total. The second-order valence-electron chi connectivity index (χ2n) is 10.5. The van der Waals surface area contributed by atoms with E-state index in [1.165, 1.54) is 0 Å². The summed E-state index contributed by atoms with van der Waals surface area (Å²) in [4.78, 5) is 29.6. The summed E-state index contributed by atoms with van der Waals surface area (Å²) in [6.45, 7) is 6.85. The first-order valence-electron chi connectivity index (χ1n) is 12.6. The number of Topliss-reactive ketones (excluding diaryl/α,β-unsaturated/α-hetero) is 1. The number of amides is 1. The van der Waals surface area contributed by atoms with Gasteiger partial charge in [-0.3, -0.25) is 15.0 Å². The molecule has 0 saturated carbocycles. The van der Waals surface area contributed by atoms with E-state index in [1.807, 2.05) is 51.9 Å². The molecule has 39 heavy (non-hydrogen) atoms. The number of hydrogen-bond acceptors (Lipinski definition) is 7. The van der Waals surface area contributed by atoms with Crippen molar-refractivity contribution in [2.75, 3.05) is 46.3 Å². The first-order valence-corrected chi connectivity index (χ1v) is 12.6. The van der Waals surface area contributed by atoms with Crippen LogP contribution in [0.4, 0.5) is 5.69 Å². The third-order valence-electron chi connectivity index (χ3n) is 6.52. The molecule has 3 rings (SSSR count). The lowest BCUT2D eigenvalue weighted by Gasteiger charge is -2.25. The van der Waals surface area contributed by atoms with Crippen molar-refractivity contribution >= 4 is 40.2 Å². The fourth-order valence-corrected chi connectivity index (χ4v) is 4.50. The lowest BCUT2D eigenvalue weighted by Crippen LogP contribution is -2.30. The van der Waals surface area contributed by atoms with Crippen molar-refractivity contribution in [1.29, 1.82) is 10.7 Å². The van der Waals surface area contributed by atoms with Crippen molar-refractivity contribution in [2.45, 2.75) is 45.6 Å². The normalized spacial score (nSPS) is 12.3. The molecule has 9 nitrogen and oxygen atoms in total. The number of nitrogens with zero attached hydrogens (tertiary/aromatic N) is 3. The number of methoxy groups -OCH3 is 1. The van der Waals surface area contributed by atoms with Crippen LogP contribution < -0.4 is 19.7 Å². The molecule has 1 aliphatic heterocycles. The maximum atomic E-state index is 13.6. The number of hydrogen-bond donors (Lipinski definition) is 2. The smallest absolute Gasteiger partial charge is 0.253 e.